The monoisotopic (exact) mass is 294 g/mol. The molecule has 0 aliphatic heterocycles. The predicted molar refractivity (Wildman–Crippen MR) is 91.6 cm³/mol. The van der Waals surface area contributed by atoms with E-state index in [4.69, 9.17) is 5.11 Å². The number of hydrogen-bond acceptors (Lipinski definition) is 1. The van der Waals surface area contributed by atoms with Crippen LogP contribution in [0.1, 0.15) is 90.9 Å². The van der Waals surface area contributed by atoms with Crippen LogP contribution < -0.4 is 0 Å². The molecule has 21 heavy (non-hydrogen) atoms. The Hall–Kier alpha value is -1.05. The number of hydrogen-bond donors (Lipinski definition) is 1. The number of carboxylic acids is 1. The van der Waals surface area contributed by atoms with Gasteiger partial charge >= 0.3 is 5.97 Å². The average Bonchev–Trinajstić information content (AvgIpc) is 2.47. The Labute approximate surface area is 131 Å². The SMILES string of the molecule is C=C(C(=O)O)/C(=C/CCCCCC)CCCCCCCC. The van der Waals surface area contributed by atoms with Crippen LogP contribution in [-0.4, -0.2) is 11.1 Å². The third-order valence-electron chi connectivity index (χ3n) is 3.89. The molecular weight excluding hydrogens is 260 g/mol. The molecule has 0 spiro atoms. The summed E-state index contributed by atoms with van der Waals surface area (Å²) in [5.41, 5.74) is 1.24. The lowest BCUT2D eigenvalue weighted by Gasteiger charge is -2.08. The van der Waals surface area contributed by atoms with Crippen molar-refractivity contribution < 1.29 is 9.90 Å². The molecule has 0 saturated heterocycles. The molecule has 2 heteroatoms. The fourth-order valence-electron chi connectivity index (χ4n) is 2.46. The van der Waals surface area contributed by atoms with Gasteiger partial charge in [-0.3, -0.25) is 0 Å². The van der Waals surface area contributed by atoms with Crippen LogP contribution in [0.5, 0.6) is 0 Å². The molecule has 0 rings (SSSR count). The van der Waals surface area contributed by atoms with E-state index in [9.17, 15) is 4.79 Å². The number of allylic oxidation sites excluding steroid dienone is 1. The first kappa shape index (κ1) is 19.9. The van der Waals surface area contributed by atoms with Crippen molar-refractivity contribution >= 4 is 5.97 Å². The van der Waals surface area contributed by atoms with Gasteiger partial charge in [-0.2, -0.15) is 0 Å². The van der Waals surface area contributed by atoms with E-state index in [0.29, 0.717) is 5.57 Å². The highest BCUT2D eigenvalue weighted by molar-refractivity contribution is 5.90. The third-order valence-corrected chi connectivity index (χ3v) is 3.89. The Balaban J connectivity index is 4.11. The standard InChI is InChI=1S/C19H34O2/c1-4-6-8-10-12-14-16-18(17(3)19(20)21)15-13-11-9-7-5-2/h15H,3-14,16H2,1-2H3,(H,20,21)/b18-15+. The van der Waals surface area contributed by atoms with Crippen molar-refractivity contribution in [2.75, 3.05) is 0 Å². The number of rotatable bonds is 14. The van der Waals surface area contributed by atoms with E-state index < -0.39 is 5.97 Å². The maximum atomic E-state index is 11.1. The molecule has 0 unspecified atom stereocenters. The highest BCUT2D eigenvalue weighted by Crippen LogP contribution is 2.19. The van der Waals surface area contributed by atoms with Crippen LogP contribution in [0.15, 0.2) is 23.8 Å². The fraction of sp³-hybridized carbons (Fsp3) is 0.737. The summed E-state index contributed by atoms with van der Waals surface area (Å²) in [6, 6.07) is 0. The van der Waals surface area contributed by atoms with Crippen LogP contribution in [0.2, 0.25) is 0 Å². The molecule has 0 saturated carbocycles. The fourth-order valence-corrected chi connectivity index (χ4v) is 2.46. The molecule has 0 radical (unpaired) electrons. The number of unbranched alkanes of at least 4 members (excludes halogenated alkanes) is 9. The summed E-state index contributed by atoms with van der Waals surface area (Å²) in [5, 5.41) is 9.13. The second-order valence-corrected chi connectivity index (χ2v) is 5.88. The summed E-state index contributed by atoms with van der Waals surface area (Å²) in [7, 11) is 0. The van der Waals surface area contributed by atoms with E-state index in [0.717, 1.165) is 31.3 Å². The summed E-state index contributed by atoms with van der Waals surface area (Å²) < 4.78 is 0. The van der Waals surface area contributed by atoms with Crippen LogP contribution in [0.3, 0.4) is 0 Å². The summed E-state index contributed by atoms with van der Waals surface area (Å²) in [4.78, 5) is 11.1. The minimum atomic E-state index is -0.874. The summed E-state index contributed by atoms with van der Waals surface area (Å²) >= 11 is 0. The zero-order valence-electron chi connectivity index (χ0n) is 14.1. The van der Waals surface area contributed by atoms with E-state index in [1.807, 2.05) is 0 Å². The first-order valence-corrected chi connectivity index (χ1v) is 8.75. The molecule has 0 aliphatic carbocycles. The zero-order chi connectivity index (χ0) is 15.9. The van der Waals surface area contributed by atoms with Gasteiger partial charge in [0.05, 0.1) is 5.57 Å². The predicted octanol–water partition coefficient (Wildman–Crippen LogP) is 6.27. The Morgan fingerprint density at radius 1 is 0.905 bits per heavy atom. The summed E-state index contributed by atoms with van der Waals surface area (Å²) in [5.74, 6) is -0.874. The Bertz CT molecular complexity index is 316. The van der Waals surface area contributed by atoms with Gasteiger partial charge in [-0.15, -0.1) is 0 Å². The number of aliphatic carboxylic acids is 1. The first-order valence-electron chi connectivity index (χ1n) is 8.75. The topological polar surface area (TPSA) is 37.3 Å². The molecule has 0 aliphatic rings. The normalized spacial score (nSPS) is 11.6. The molecule has 0 aromatic rings. The van der Waals surface area contributed by atoms with Crippen molar-refractivity contribution in [3.8, 4) is 0 Å². The lowest BCUT2D eigenvalue weighted by Crippen LogP contribution is -2.02. The van der Waals surface area contributed by atoms with Gasteiger partial charge in [0.2, 0.25) is 0 Å². The molecule has 0 atom stereocenters. The minimum Gasteiger partial charge on any atom is -0.478 e. The van der Waals surface area contributed by atoms with Crippen molar-refractivity contribution in [1.29, 1.82) is 0 Å². The van der Waals surface area contributed by atoms with Gasteiger partial charge in [-0.25, -0.2) is 4.79 Å². The van der Waals surface area contributed by atoms with Crippen molar-refractivity contribution in [2.45, 2.75) is 90.9 Å². The van der Waals surface area contributed by atoms with Gasteiger partial charge in [-0.1, -0.05) is 77.9 Å². The Morgan fingerprint density at radius 2 is 1.43 bits per heavy atom. The molecule has 1 N–H and O–H groups in total. The number of carboxylic acid groups (broad SMARTS) is 1. The van der Waals surface area contributed by atoms with Gasteiger partial charge in [-0.05, 0) is 31.3 Å². The van der Waals surface area contributed by atoms with Crippen LogP contribution in [0, 0.1) is 0 Å². The van der Waals surface area contributed by atoms with Crippen molar-refractivity contribution in [3.63, 3.8) is 0 Å². The highest BCUT2D eigenvalue weighted by atomic mass is 16.4. The van der Waals surface area contributed by atoms with E-state index in [1.54, 1.807) is 0 Å². The maximum absolute atomic E-state index is 11.1. The second-order valence-electron chi connectivity index (χ2n) is 5.88. The second kappa shape index (κ2) is 13.9. The van der Waals surface area contributed by atoms with Gasteiger partial charge < -0.3 is 5.11 Å². The quantitative estimate of drug-likeness (QED) is 0.233. The van der Waals surface area contributed by atoms with Crippen molar-refractivity contribution in [1.82, 2.24) is 0 Å². The van der Waals surface area contributed by atoms with E-state index in [2.05, 4.69) is 26.5 Å². The average molecular weight is 294 g/mol. The third kappa shape index (κ3) is 11.3. The van der Waals surface area contributed by atoms with Gasteiger partial charge in [0.1, 0.15) is 0 Å². The zero-order valence-corrected chi connectivity index (χ0v) is 14.1. The molecule has 0 aromatic heterocycles. The largest absolute Gasteiger partial charge is 0.478 e. The van der Waals surface area contributed by atoms with Gasteiger partial charge in [0.15, 0.2) is 0 Å². The summed E-state index contributed by atoms with van der Waals surface area (Å²) in [6.45, 7) is 8.15. The first-order chi connectivity index (χ1) is 10.1. The van der Waals surface area contributed by atoms with Crippen molar-refractivity contribution in [3.05, 3.63) is 23.8 Å². The Kier molecular flexibility index (Phi) is 13.2. The van der Waals surface area contributed by atoms with Gasteiger partial charge in [0, 0.05) is 0 Å². The molecule has 122 valence electrons. The smallest absolute Gasteiger partial charge is 0.335 e. The molecule has 0 amide bonds. The lowest BCUT2D eigenvalue weighted by molar-refractivity contribution is -0.132. The van der Waals surface area contributed by atoms with Gasteiger partial charge in [0.25, 0.3) is 0 Å². The molecule has 0 fully saturated rings. The molecule has 0 bridgehead atoms. The maximum Gasteiger partial charge on any atom is 0.335 e. The number of carbonyl (C=O) groups is 1. The lowest BCUT2D eigenvalue weighted by atomic mass is 9.98. The van der Waals surface area contributed by atoms with E-state index in [-0.39, 0.29) is 0 Å². The molecule has 0 heterocycles. The van der Waals surface area contributed by atoms with Crippen molar-refractivity contribution in [2.24, 2.45) is 0 Å². The highest BCUT2D eigenvalue weighted by Gasteiger charge is 2.09. The Morgan fingerprint density at radius 3 is 2.00 bits per heavy atom. The molecule has 0 aromatic carbocycles. The van der Waals surface area contributed by atoms with Crippen LogP contribution in [0.4, 0.5) is 0 Å². The van der Waals surface area contributed by atoms with E-state index >= 15 is 0 Å². The van der Waals surface area contributed by atoms with Crippen LogP contribution in [0.25, 0.3) is 0 Å². The molecule has 2 nitrogen and oxygen atoms in total. The summed E-state index contributed by atoms with van der Waals surface area (Å²) in [6.07, 6.45) is 16.2. The minimum absolute atomic E-state index is 0.291. The van der Waals surface area contributed by atoms with Crippen LogP contribution >= 0.6 is 0 Å². The van der Waals surface area contributed by atoms with Crippen LogP contribution in [-0.2, 0) is 4.79 Å². The van der Waals surface area contributed by atoms with E-state index in [1.165, 1.54) is 51.4 Å². The molecular formula is C19H34O2.